The number of benzene rings is 1. The molecular formula is C25H28ClN5O. The first-order chi connectivity index (χ1) is 15.5. The Balaban J connectivity index is 1.48. The van der Waals surface area contributed by atoms with Gasteiger partial charge in [-0.3, -0.25) is 4.98 Å². The number of aliphatic hydroxyl groups excluding tert-OH is 1. The van der Waals surface area contributed by atoms with E-state index < -0.39 is 0 Å². The van der Waals surface area contributed by atoms with Gasteiger partial charge in [0, 0.05) is 47.9 Å². The Morgan fingerprint density at radius 1 is 1.16 bits per heavy atom. The third-order valence-electron chi connectivity index (χ3n) is 6.64. The second-order valence-corrected chi connectivity index (χ2v) is 9.17. The average molecular weight is 450 g/mol. The zero-order valence-electron chi connectivity index (χ0n) is 18.3. The van der Waals surface area contributed by atoms with Gasteiger partial charge in [0.05, 0.1) is 17.7 Å². The van der Waals surface area contributed by atoms with Gasteiger partial charge in [0.2, 0.25) is 0 Å². The fourth-order valence-electron chi connectivity index (χ4n) is 4.63. The molecule has 1 aromatic carbocycles. The zero-order chi connectivity index (χ0) is 22.6. The van der Waals surface area contributed by atoms with Crippen LogP contribution >= 0.6 is 11.6 Å². The highest BCUT2D eigenvalue weighted by Crippen LogP contribution is 2.35. The number of aryl methyl sites for hydroxylation is 1. The van der Waals surface area contributed by atoms with Gasteiger partial charge >= 0.3 is 0 Å². The molecule has 4 rings (SSSR count). The third kappa shape index (κ3) is 5.02. The average Bonchev–Trinajstić information content (AvgIpc) is 3.24. The van der Waals surface area contributed by atoms with Crippen LogP contribution in [0.1, 0.15) is 41.5 Å². The van der Waals surface area contributed by atoms with E-state index in [0.29, 0.717) is 10.6 Å². The molecule has 0 spiro atoms. The lowest BCUT2D eigenvalue weighted by atomic mass is 9.75. The number of likely N-dealkylation sites (tertiary alicyclic amines) is 1. The summed E-state index contributed by atoms with van der Waals surface area (Å²) in [4.78, 5) is 11.3. The van der Waals surface area contributed by atoms with E-state index in [9.17, 15) is 5.11 Å². The molecule has 0 saturated carbocycles. The highest BCUT2D eigenvalue weighted by atomic mass is 35.5. The molecule has 2 aromatic heterocycles. The molecule has 32 heavy (non-hydrogen) atoms. The van der Waals surface area contributed by atoms with E-state index in [-0.39, 0.29) is 18.1 Å². The number of aliphatic hydroxyl groups is 1. The first-order valence-corrected chi connectivity index (χ1v) is 11.3. The lowest BCUT2D eigenvalue weighted by molar-refractivity contribution is 0.0401. The van der Waals surface area contributed by atoms with Crippen molar-refractivity contribution in [1.29, 1.82) is 5.26 Å². The van der Waals surface area contributed by atoms with E-state index in [1.54, 1.807) is 12.3 Å². The summed E-state index contributed by atoms with van der Waals surface area (Å²) in [6.45, 7) is 4.82. The van der Waals surface area contributed by atoms with Gasteiger partial charge in [-0.15, -0.1) is 0 Å². The molecule has 1 unspecified atom stereocenters. The number of imidazole rings is 1. The third-order valence-corrected chi connectivity index (χ3v) is 6.88. The second kappa shape index (κ2) is 9.83. The van der Waals surface area contributed by atoms with Crippen LogP contribution in [0.2, 0.25) is 5.02 Å². The molecule has 1 fully saturated rings. The van der Waals surface area contributed by atoms with Crippen molar-refractivity contribution in [3.8, 4) is 6.07 Å². The van der Waals surface area contributed by atoms with E-state index in [4.69, 9.17) is 16.9 Å². The molecule has 1 N–H and O–H groups in total. The number of hydrogen-bond donors (Lipinski definition) is 1. The van der Waals surface area contributed by atoms with Gasteiger partial charge in [-0.1, -0.05) is 23.7 Å². The molecule has 1 aliphatic heterocycles. The maximum absolute atomic E-state index is 10.2. The van der Waals surface area contributed by atoms with E-state index in [2.05, 4.69) is 25.5 Å². The van der Waals surface area contributed by atoms with Crippen molar-refractivity contribution in [1.82, 2.24) is 19.4 Å². The van der Waals surface area contributed by atoms with E-state index in [1.807, 2.05) is 49.6 Å². The minimum Gasteiger partial charge on any atom is -0.396 e. The van der Waals surface area contributed by atoms with Gasteiger partial charge < -0.3 is 14.6 Å². The van der Waals surface area contributed by atoms with Crippen molar-refractivity contribution in [2.24, 2.45) is 5.41 Å². The zero-order valence-corrected chi connectivity index (χ0v) is 19.0. The summed E-state index contributed by atoms with van der Waals surface area (Å²) in [5.74, 6) is 0.966. The number of rotatable bonds is 7. The molecule has 1 aliphatic rings. The first-order valence-electron chi connectivity index (χ1n) is 10.9. The Labute approximate surface area is 194 Å². The maximum Gasteiger partial charge on any atom is 0.106 e. The van der Waals surface area contributed by atoms with E-state index in [0.717, 1.165) is 56.0 Å². The van der Waals surface area contributed by atoms with Crippen LogP contribution in [0.15, 0.2) is 55.0 Å². The Kier molecular flexibility index (Phi) is 6.90. The fourth-order valence-corrected chi connectivity index (χ4v) is 4.81. The van der Waals surface area contributed by atoms with Gasteiger partial charge in [0.15, 0.2) is 0 Å². The quantitative estimate of drug-likeness (QED) is 0.589. The highest BCUT2D eigenvalue weighted by molar-refractivity contribution is 6.30. The molecule has 0 radical (unpaired) electrons. The monoisotopic (exact) mass is 449 g/mol. The Morgan fingerprint density at radius 2 is 1.91 bits per heavy atom. The summed E-state index contributed by atoms with van der Waals surface area (Å²) in [7, 11) is 0. The van der Waals surface area contributed by atoms with Gasteiger partial charge in [0.25, 0.3) is 0 Å². The Morgan fingerprint density at radius 3 is 2.50 bits per heavy atom. The van der Waals surface area contributed by atoms with Gasteiger partial charge in [-0.25, -0.2) is 4.98 Å². The highest BCUT2D eigenvalue weighted by Gasteiger charge is 2.35. The van der Waals surface area contributed by atoms with Crippen LogP contribution in [-0.4, -0.2) is 50.8 Å². The molecule has 0 aliphatic carbocycles. The summed E-state index contributed by atoms with van der Waals surface area (Å²) in [6, 6.07) is 13.8. The molecule has 6 nitrogen and oxygen atoms in total. The Bertz CT molecular complexity index is 1080. The summed E-state index contributed by atoms with van der Waals surface area (Å²) in [5.41, 5.74) is 2.59. The summed E-state index contributed by atoms with van der Waals surface area (Å²) in [5, 5.41) is 20.1. The second-order valence-electron chi connectivity index (χ2n) is 8.73. The standard InChI is InChI=1S/C25H28ClN5O/c1-19-28-10-13-31(19)24(21-4-2-20(16-27)3-5-21)17-30-11-7-25(18-32,8-12-30)15-23-14-22(26)6-9-29-23/h2-6,9-10,13-14,24,32H,7-8,11-12,15,17-18H2,1H3. The van der Waals surface area contributed by atoms with Crippen molar-refractivity contribution in [2.45, 2.75) is 32.2 Å². The predicted octanol–water partition coefficient (Wildman–Crippen LogP) is 4.02. The molecule has 0 bridgehead atoms. The topological polar surface area (TPSA) is 78.0 Å². The molecule has 7 heteroatoms. The maximum atomic E-state index is 10.2. The SMILES string of the molecule is Cc1nccn1C(CN1CCC(CO)(Cc2cc(Cl)ccn2)CC1)c1ccc(C#N)cc1. The number of aromatic nitrogens is 3. The first kappa shape index (κ1) is 22.5. The van der Waals surface area contributed by atoms with Crippen LogP contribution in [0.5, 0.6) is 0 Å². The number of nitrogens with zero attached hydrogens (tertiary/aromatic N) is 5. The normalized spacial score (nSPS) is 17.1. The van der Waals surface area contributed by atoms with Crippen molar-refractivity contribution >= 4 is 11.6 Å². The number of pyridine rings is 1. The molecular weight excluding hydrogens is 422 g/mol. The van der Waals surface area contributed by atoms with Crippen molar-refractivity contribution < 1.29 is 5.11 Å². The number of hydrogen-bond acceptors (Lipinski definition) is 5. The molecule has 1 saturated heterocycles. The lowest BCUT2D eigenvalue weighted by Gasteiger charge is -2.42. The minimum atomic E-state index is -0.164. The minimum absolute atomic E-state index is 0.112. The molecule has 0 amide bonds. The van der Waals surface area contributed by atoms with Gasteiger partial charge in [-0.2, -0.15) is 5.26 Å². The molecule has 3 heterocycles. The van der Waals surface area contributed by atoms with Crippen LogP contribution < -0.4 is 0 Å². The molecule has 3 aromatic rings. The van der Waals surface area contributed by atoms with Gasteiger partial charge in [-0.05, 0) is 69.1 Å². The Hall–Kier alpha value is -2.72. The summed E-state index contributed by atoms with van der Waals surface area (Å²) < 4.78 is 2.20. The lowest BCUT2D eigenvalue weighted by Crippen LogP contribution is -2.45. The van der Waals surface area contributed by atoms with Crippen molar-refractivity contribution in [3.63, 3.8) is 0 Å². The van der Waals surface area contributed by atoms with Crippen LogP contribution in [0.3, 0.4) is 0 Å². The number of halogens is 1. The smallest absolute Gasteiger partial charge is 0.106 e. The molecule has 166 valence electrons. The number of piperidine rings is 1. The van der Waals surface area contributed by atoms with Crippen LogP contribution in [0, 0.1) is 23.7 Å². The van der Waals surface area contributed by atoms with Gasteiger partial charge in [0.1, 0.15) is 5.82 Å². The van der Waals surface area contributed by atoms with Crippen LogP contribution in [0.4, 0.5) is 0 Å². The van der Waals surface area contributed by atoms with E-state index >= 15 is 0 Å². The largest absolute Gasteiger partial charge is 0.396 e. The fraction of sp³-hybridized carbons (Fsp3) is 0.400. The van der Waals surface area contributed by atoms with Crippen molar-refractivity contribution in [3.05, 3.63) is 82.7 Å². The van der Waals surface area contributed by atoms with Crippen LogP contribution in [0.25, 0.3) is 0 Å². The van der Waals surface area contributed by atoms with Crippen LogP contribution in [-0.2, 0) is 6.42 Å². The predicted molar refractivity (Wildman–Crippen MR) is 124 cm³/mol. The number of nitriles is 1. The van der Waals surface area contributed by atoms with E-state index in [1.165, 1.54) is 0 Å². The molecule has 1 atom stereocenters. The summed E-state index contributed by atoms with van der Waals surface area (Å²) >= 11 is 6.13. The summed E-state index contributed by atoms with van der Waals surface area (Å²) in [6.07, 6.45) is 8.12. The van der Waals surface area contributed by atoms with Crippen molar-refractivity contribution in [2.75, 3.05) is 26.2 Å².